The maximum absolute atomic E-state index is 6.98. The third kappa shape index (κ3) is 5.44. The van der Waals surface area contributed by atoms with Crippen molar-refractivity contribution >= 4 is 54.6 Å². The molecule has 0 bridgehead atoms. The van der Waals surface area contributed by atoms with Crippen LogP contribution in [0.25, 0.3) is 71.0 Å². The van der Waals surface area contributed by atoms with Gasteiger partial charge in [0.05, 0.1) is 5.70 Å². The van der Waals surface area contributed by atoms with Gasteiger partial charge < -0.3 is 5.73 Å². The Morgan fingerprint density at radius 2 is 1.11 bits per heavy atom. The molecule has 0 radical (unpaired) electrons. The van der Waals surface area contributed by atoms with Crippen LogP contribution in [0.5, 0.6) is 0 Å². The molecule has 9 aromatic carbocycles. The van der Waals surface area contributed by atoms with Crippen LogP contribution in [0.4, 0.5) is 0 Å². The van der Waals surface area contributed by atoms with Gasteiger partial charge in [-0.25, -0.2) is 4.99 Å². The van der Waals surface area contributed by atoms with Gasteiger partial charge in [0, 0.05) is 16.5 Å². The Morgan fingerprint density at radius 1 is 0.509 bits per heavy atom. The highest BCUT2D eigenvalue weighted by atomic mass is 14.9. The second-order valence-corrected chi connectivity index (χ2v) is 15.3. The molecule has 0 aromatic heterocycles. The van der Waals surface area contributed by atoms with Crippen LogP contribution >= 0.6 is 0 Å². The van der Waals surface area contributed by atoms with E-state index in [4.69, 9.17) is 10.7 Å². The third-order valence-electron chi connectivity index (χ3n) is 11.8. The summed E-state index contributed by atoms with van der Waals surface area (Å²) in [7, 11) is 0. The van der Waals surface area contributed by atoms with Gasteiger partial charge in [0.25, 0.3) is 0 Å². The Morgan fingerprint density at radius 3 is 1.89 bits per heavy atom. The first-order chi connectivity index (χ1) is 27.0. The van der Waals surface area contributed by atoms with Crippen molar-refractivity contribution in [3.8, 4) is 22.3 Å². The Kier molecular flexibility index (Phi) is 7.74. The topological polar surface area (TPSA) is 38.4 Å². The summed E-state index contributed by atoms with van der Waals surface area (Å²) >= 11 is 0. The number of aliphatic imine (C=N–C) groups is 1. The van der Waals surface area contributed by atoms with Gasteiger partial charge in [0.1, 0.15) is 5.84 Å². The lowest BCUT2D eigenvalue weighted by Crippen LogP contribution is -2.15. The van der Waals surface area contributed by atoms with Crippen LogP contribution in [0.2, 0.25) is 0 Å². The Hall–Kier alpha value is -6.77. The van der Waals surface area contributed by atoms with Gasteiger partial charge in [-0.1, -0.05) is 190 Å². The van der Waals surface area contributed by atoms with E-state index in [1.165, 1.54) is 65.9 Å². The van der Waals surface area contributed by atoms with Gasteiger partial charge in [0.2, 0.25) is 0 Å². The lowest BCUT2D eigenvalue weighted by molar-refractivity contribution is 0.661. The highest BCUT2D eigenvalue weighted by Crippen LogP contribution is 2.52. The minimum absolute atomic E-state index is 0.119. The smallest absolute Gasteiger partial charge is 0.131 e. The number of fused-ring (bicyclic) bond motifs is 8. The van der Waals surface area contributed by atoms with Crippen LogP contribution in [0.15, 0.2) is 187 Å². The number of hydrogen-bond acceptors (Lipinski definition) is 1. The van der Waals surface area contributed by atoms with E-state index in [-0.39, 0.29) is 5.41 Å². The fourth-order valence-corrected chi connectivity index (χ4v) is 8.98. The highest BCUT2D eigenvalue weighted by Gasteiger charge is 2.36. The third-order valence-corrected chi connectivity index (χ3v) is 11.8. The summed E-state index contributed by atoms with van der Waals surface area (Å²) in [5.74, 6) is 0.502. The van der Waals surface area contributed by atoms with Crippen LogP contribution < -0.4 is 5.73 Å². The molecule has 2 nitrogen and oxygen atoms in total. The lowest BCUT2D eigenvalue weighted by atomic mass is 9.81. The lowest BCUT2D eigenvalue weighted by Gasteiger charge is -2.22. The molecular weight excluding hydrogens is 665 g/mol. The summed E-state index contributed by atoms with van der Waals surface area (Å²) < 4.78 is 0. The van der Waals surface area contributed by atoms with Gasteiger partial charge >= 0.3 is 0 Å². The predicted octanol–water partition coefficient (Wildman–Crippen LogP) is 13.3. The molecule has 0 saturated heterocycles. The number of rotatable bonds is 6. The number of hydrogen-bond donors (Lipinski definition) is 1. The van der Waals surface area contributed by atoms with E-state index in [0.717, 1.165) is 33.0 Å². The summed E-state index contributed by atoms with van der Waals surface area (Å²) in [6.07, 6.45) is 2.97. The summed E-state index contributed by atoms with van der Waals surface area (Å²) in [6.45, 7) is 4.73. The molecule has 0 heterocycles. The molecule has 0 atom stereocenters. The second-order valence-electron chi connectivity index (χ2n) is 15.3. The first-order valence-corrected chi connectivity index (χ1v) is 19.1. The Labute approximate surface area is 321 Å². The van der Waals surface area contributed by atoms with Crippen LogP contribution in [0.1, 0.15) is 41.7 Å². The Balaban J connectivity index is 1.13. The maximum Gasteiger partial charge on any atom is 0.131 e. The largest absolute Gasteiger partial charge is 0.383 e. The van der Waals surface area contributed by atoms with Crippen LogP contribution in [0, 0.1) is 0 Å². The van der Waals surface area contributed by atoms with E-state index in [0.29, 0.717) is 12.3 Å². The zero-order chi connectivity index (χ0) is 37.1. The second kappa shape index (κ2) is 13.0. The molecule has 2 N–H and O–H groups in total. The van der Waals surface area contributed by atoms with E-state index in [1.54, 1.807) is 0 Å². The van der Waals surface area contributed by atoms with E-state index >= 15 is 0 Å². The van der Waals surface area contributed by atoms with Gasteiger partial charge in [-0.15, -0.1) is 0 Å². The van der Waals surface area contributed by atoms with E-state index in [2.05, 4.69) is 196 Å². The first kappa shape index (κ1) is 32.8. The number of nitrogens with two attached hydrogens (primary N) is 1. The summed E-state index contributed by atoms with van der Waals surface area (Å²) in [5, 5.41) is 9.65. The first-order valence-electron chi connectivity index (χ1n) is 19.1. The van der Waals surface area contributed by atoms with Gasteiger partial charge in [-0.3, -0.25) is 0 Å². The van der Waals surface area contributed by atoms with Crippen LogP contribution in [-0.2, 0) is 11.8 Å². The highest BCUT2D eigenvalue weighted by molar-refractivity contribution is 6.12. The number of nitrogens with zero attached hydrogens (tertiary/aromatic N) is 1. The number of amidine groups is 1. The fraction of sp³-hybridized carbons (Fsp3) is 0.0755. The summed E-state index contributed by atoms with van der Waals surface area (Å²) in [6, 6.07) is 63.4. The molecule has 0 amide bonds. The molecule has 0 aliphatic heterocycles. The molecule has 1 aliphatic rings. The standard InChI is InChI=1S/C53H40N2/c1-53(2)48-31-26-37-15-5-8-21-42(37)51(48)47-28-25-38(33-49(47)53)41-29-30-45(44-23-10-9-22-43(41)44)50(32-27-36-17-11-16-34-13-3-6-19-39(34)36)55-52(54)46-24-12-18-35-14-4-7-20-40(35)46/h3-26,28-33H,27H2,1-2H3,(H2,54,55)/b50-32-. The molecule has 262 valence electrons. The van der Waals surface area contributed by atoms with Crippen molar-refractivity contribution in [2.45, 2.75) is 25.7 Å². The van der Waals surface area contributed by atoms with Gasteiger partial charge in [-0.2, -0.15) is 0 Å². The monoisotopic (exact) mass is 704 g/mol. The van der Waals surface area contributed by atoms with Crippen molar-refractivity contribution in [3.05, 3.63) is 210 Å². The van der Waals surface area contributed by atoms with Gasteiger partial charge in [-0.05, 0) is 94.5 Å². The molecule has 0 saturated carbocycles. The fourth-order valence-electron chi connectivity index (χ4n) is 8.98. The van der Waals surface area contributed by atoms with Crippen molar-refractivity contribution in [3.63, 3.8) is 0 Å². The SMILES string of the molecule is CC1(C)c2cc(-c3ccc(/C(=C/Cc4cccc5ccccc45)N=C(N)c4cccc5ccccc45)c4ccccc34)ccc2-c2c1ccc1ccccc21. The van der Waals surface area contributed by atoms with Crippen molar-refractivity contribution < 1.29 is 0 Å². The molecule has 55 heavy (non-hydrogen) atoms. The molecule has 9 aromatic rings. The van der Waals surface area contributed by atoms with Crippen molar-refractivity contribution in [2.75, 3.05) is 0 Å². The molecule has 0 fully saturated rings. The molecule has 2 heteroatoms. The van der Waals surface area contributed by atoms with E-state index in [1.807, 2.05) is 0 Å². The molecule has 1 aliphatic carbocycles. The maximum atomic E-state index is 6.98. The van der Waals surface area contributed by atoms with E-state index in [9.17, 15) is 0 Å². The van der Waals surface area contributed by atoms with Crippen LogP contribution in [0.3, 0.4) is 0 Å². The zero-order valence-electron chi connectivity index (χ0n) is 31.1. The average Bonchev–Trinajstić information content (AvgIpc) is 3.47. The Bertz CT molecular complexity index is 3040. The average molecular weight is 705 g/mol. The minimum atomic E-state index is -0.119. The minimum Gasteiger partial charge on any atom is -0.383 e. The molecule has 0 unspecified atom stereocenters. The number of allylic oxidation sites excluding steroid dienone is 1. The van der Waals surface area contributed by atoms with Crippen molar-refractivity contribution in [1.29, 1.82) is 0 Å². The normalized spacial score (nSPS) is 13.8. The summed E-state index contributed by atoms with van der Waals surface area (Å²) in [4.78, 5) is 5.28. The van der Waals surface area contributed by atoms with Crippen molar-refractivity contribution in [1.82, 2.24) is 0 Å². The van der Waals surface area contributed by atoms with Crippen LogP contribution in [-0.4, -0.2) is 5.84 Å². The van der Waals surface area contributed by atoms with Crippen molar-refractivity contribution in [2.24, 2.45) is 10.7 Å². The number of benzene rings is 9. The quantitative estimate of drug-likeness (QED) is 0.136. The van der Waals surface area contributed by atoms with Gasteiger partial charge in [0.15, 0.2) is 0 Å². The zero-order valence-corrected chi connectivity index (χ0v) is 31.1. The predicted molar refractivity (Wildman–Crippen MR) is 235 cm³/mol. The molecular formula is C53H40N2. The molecule has 10 rings (SSSR count). The summed E-state index contributed by atoms with van der Waals surface area (Å²) in [5.41, 5.74) is 18.8. The van der Waals surface area contributed by atoms with E-state index < -0.39 is 0 Å². The molecule has 0 spiro atoms.